The summed E-state index contributed by atoms with van der Waals surface area (Å²) >= 11 is 12.1. The molecule has 150 valence electrons. The van der Waals surface area contributed by atoms with Crippen molar-refractivity contribution in [3.63, 3.8) is 0 Å². The standard InChI is InChI=1S/C21H18Cl2N2O4/c1-28-16-9-15(10-17(11-16)29-2)24-20(26)18-4-3-7-25(21(18)27)12-13-5-6-14(22)8-19(13)23/h3-11H,12H2,1-2H3,(H,24,26). The first-order valence-electron chi connectivity index (χ1n) is 8.59. The van der Waals surface area contributed by atoms with E-state index in [0.29, 0.717) is 32.8 Å². The minimum absolute atomic E-state index is 0.000581. The lowest BCUT2D eigenvalue weighted by molar-refractivity contribution is 0.102. The fourth-order valence-electron chi connectivity index (χ4n) is 2.75. The molecule has 0 fully saturated rings. The minimum Gasteiger partial charge on any atom is -0.497 e. The highest BCUT2D eigenvalue weighted by atomic mass is 35.5. The predicted octanol–water partition coefficient (Wildman–Crippen LogP) is 4.47. The van der Waals surface area contributed by atoms with E-state index in [2.05, 4.69) is 5.32 Å². The number of pyridine rings is 1. The molecule has 0 radical (unpaired) electrons. The highest BCUT2D eigenvalue weighted by Gasteiger charge is 2.14. The first-order valence-corrected chi connectivity index (χ1v) is 9.34. The number of nitrogens with zero attached hydrogens (tertiary/aromatic N) is 1. The molecule has 0 spiro atoms. The van der Waals surface area contributed by atoms with Gasteiger partial charge in [-0.15, -0.1) is 0 Å². The molecular formula is C21H18Cl2N2O4. The minimum atomic E-state index is -0.540. The molecule has 8 heteroatoms. The van der Waals surface area contributed by atoms with E-state index in [1.807, 2.05) is 0 Å². The predicted molar refractivity (Wildman–Crippen MR) is 114 cm³/mol. The van der Waals surface area contributed by atoms with Crippen LogP contribution in [0, 0.1) is 0 Å². The Morgan fingerprint density at radius 1 is 1.03 bits per heavy atom. The lowest BCUT2D eigenvalue weighted by Crippen LogP contribution is -2.29. The van der Waals surface area contributed by atoms with Gasteiger partial charge in [0.05, 0.1) is 20.8 Å². The van der Waals surface area contributed by atoms with Gasteiger partial charge in [-0.3, -0.25) is 9.59 Å². The number of carbonyl (C=O) groups excluding carboxylic acids is 1. The Labute approximate surface area is 177 Å². The molecule has 0 aliphatic carbocycles. The van der Waals surface area contributed by atoms with Crippen molar-refractivity contribution in [2.24, 2.45) is 0 Å². The number of anilines is 1. The Kier molecular flexibility index (Phi) is 6.46. The third kappa shape index (κ3) is 4.91. The van der Waals surface area contributed by atoms with Crippen molar-refractivity contribution in [2.75, 3.05) is 19.5 Å². The van der Waals surface area contributed by atoms with Gasteiger partial charge < -0.3 is 19.4 Å². The molecule has 0 saturated carbocycles. The van der Waals surface area contributed by atoms with Crippen LogP contribution in [-0.2, 0) is 6.54 Å². The van der Waals surface area contributed by atoms with E-state index < -0.39 is 11.5 Å². The first-order chi connectivity index (χ1) is 13.9. The van der Waals surface area contributed by atoms with Gasteiger partial charge in [0.25, 0.3) is 11.5 Å². The van der Waals surface area contributed by atoms with Crippen LogP contribution >= 0.6 is 23.2 Å². The molecule has 0 aliphatic rings. The Bertz CT molecular complexity index is 1090. The van der Waals surface area contributed by atoms with Crippen LogP contribution in [0.2, 0.25) is 10.0 Å². The maximum atomic E-state index is 12.8. The molecule has 1 aromatic heterocycles. The second-order valence-electron chi connectivity index (χ2n) is 6.15. The van der Waals surface area contributed by atoms with Gasteiger partial charge in [0.2, 0.25) is 0 Å². The molecule has 0 atom stereocenters. The van der Waals surface area contributed by atoms with E-state index in [1.54, 1.807) is 48.7 Å². The maximum Gasteiger partial charge on any atom is 0.263 e. The number of halogens is 2. The summed E-state index contributed by atoms with van der Waals surface area (Å²) < 4.78 is 11.8. The zero-order chi connectivity index (χ0) is 21.0. The summed E-state index contributed by atoms with van der Waals surface area (Å²) in [6.45, 7) is 0.211. The molecule has 6 nitrogen and oxygen atoms in total. The van der Waals surface area contributed by atoms with Gasteiger partial charge in [-0.25, -0.2) is 0 Å². The summed E-state index contributed by atoms with van der Waals surface area (Å²) in [5.41, 5.74) is 0.722. The molecule has 1 N–H and O–H groups in total. The summed E-state index contributed by atoms with van der Waals surface area (Å²) in [6.07, 6.45) is 1.60. The van der Waals surface area contributed by atoms with Crippen LogP contribution in [0.1, 0.15) is 15.9 Å². The smallest absolute Gasteiger partial charge is 0.263 e. The molecule has 0 unspecified atom stereocenters. The van der Waals surface area contributed by atoms with Gasteiger partial charge in [-0.2, -0.15) is 0 Å². The number of carbonyl (C=O) groups is 1. The zero-order valence-corrected chi connectivity index (χ0v) is 17.3. The van der Waals surface area contributed by atoms with Crippen LogP contribution in [0.5, 0.6) is 11.5 Å². The molecule has 3 aromatic rings. The highest BCUT2D eigenvalue weighted by Crippen LogP contribution is 2.26. The first kappa shape index (κ1) is 20.8. The van der Waals surface area contributed by atoms with E-state index in [4.69, 9.17) is 32.7 Å². The van der Waals surface area contributed by atoms with Crippen LogP contribution in [0.15, 0.2) is 59.5 Å². The van der Waals surface area contributed by atoms with Crippen LogP contribution in [0.25, 0.3) is 0 Å². The second kappa shape index (κ2) is 9.03. The number of rotatable bonds is 6. The molecule has 0 aliphatic heterocycles. The lowest BCUT2D eigenvalue weighted by atomic mass is 10.2. The van der Waals surface area contributed by atoms with Gasteiger partial charge >= 0.3 is 0 Å². The number of hydrogen-bond donors (Lipinski definition) is 1. The van der Waals surface area contributed by atoms with Crippen molar-refractivity contribution in [3.05, 3.63) is 86.3 Å². The zero-order valence-electron chi connectivity index (χ0n) is 15.7. The monoisotopic (exact) mass is 432 g/mol. The summed E-state index contributed by atoms with van der Waals surface area (Å²) in [5.74, 6) is 0.492. The van der Waals surface area contributed by atoms with Crippen molar-refractivity contribution < 1.29 is 14.3 Å². The maximum absolute atomic E-state index is 12.8. The topological polar surface area (TPSA) is 69.6 Å². The molecule has 3 rings (SSSR count). The number of ether oxygens (including phenoxy) is 2. The molecule has 29 heavy (non-hydrogen) atoms. The lowest BCUT2D eigenvalue weighted by Gasteiger charge is -2.11. The number of amides is 1. The van der Waals surface area contributed by atoms with Crippen LogP contribution in [0.3, 0.4) is 0 Å². The van der Waals surface area contributed by atoms with Crippen LogP contribution < -0.4 is 20.3 Å². The average Bonchev–Trinajstić information content (AvgIpc) is 2.70. The fourth-order valence-corrected chi connectivity index (χ4v) is 3.21. The number of methoxy groups -OCH3 is 2. The molecular weight excluding hydrogens is 415 g/mol. The van der Waals surface area contributed by atoms with Gasteiger partial charge in [-0.05, 0) is 29.8 Å². The van der Waals surface area contributed by atoms with E-state index in [0.717, 1.165) is 0 Å². The third-order valence-electron chi connectivity index (χ3n) is 4.23. The van der Waals surface area contributed by atoms with Crippen LogP contribution in [0.4, 0.5) is 5.69 Å². The summed E-state index contributed by atoms with van der Waals surface area (Å²) in [7, 11) is 3.02. The normalized spacial score (nSPS) is 10.5. The van der Waals surface area contributed by atoms with Crippen molar-refractivity contribution in [2.45, 2.75) is 6.54 Å². The molecule has 1 heterocycles. The van der Waals surface area contributed by atoms with Crippen molar-refractivity contribution in [1.82, 2.24) is 4.57 Å². The molecule has 0 bridgehead atoms. The van der Waals surface area contributed by atoms with Crippen molar-refractivity contribution in [3.8, 4) is 11.5 Å². The Morgan fingerprint density at radius 3 is 2.34 bits per heavy atom. The van der Waals surface area contributed by atoms with Gasteiger partial charge in [0.1, 0.15) is 17.1 Å². The number of nitrogens with one attached hydrogen (secondary N) is 1. The SMILES string of the molecule is COc1cc(NC(=O)c2cccn(Cc3ccc(Cl)cc3Cl)c2=O)cc(OC)c1. The number of hydrogen-bond acceptors (Lipinski definition) is 4. The average molecular weight is 433 g/mol. The van der Waals surface area contributed by atoms with E-state index >= 15 is 0 Å². The van der Waals surface area contributed by atoms with E-state index in [1.165, 1.54) is 24.9 Å². The van der Waals surface area contributed by atoms with Gasteiger partial charge in [0.15, 0.2) is 0 Å². The highest BCUT2D eigenvalue weighted by molar-refractivity contribution is 6.35. The van der Waals surface area contributed by atoms with Crippen molar-refractivity contribution >= 4 is 34.8 Å². The van der Waals surface area contributed by atoms with Crippen molar-refractivity contribution in [1.29, 1.82) is 0 Å². The van der Waals surface area contributed by atoms with Crippen LogP contribution in [-0.4, -0.2) is 24.7 Å². The number of benzene rings is 2. The Hall–Kier alpha value is -2.96. The molecule has 0 saturated heterocycles. The Balaban J connectivity index is 1.87. The Morgan fingerprint density at radius 2 is 1.72 bits per heavy atom. The summed E-state index contributed by atoms with van der Waals surface area (Å²) in [6, 6.07) is 13.1. The van der Waals surface area contributed by atoms with Gasteiger partial charge in [0, 0.05) is 40.1 Å². The van der Waals surface area contributed by atoms with E-state index in [9.17, 15) is 9.59 Å². The van der Waals surface area contributed by atoms with E-state index in [-0.39, 0.29) is 12.1 Å². The number of aromatic nitrogens is 1. The molecule has 1 amide bonds. The largest absolute Gasteiger partial charge is 0.497 e. The second-order valence-corrected chi connectivity index (χ2v) is 6.99. The fraction of sp³-hybridized carbons (Fsp3) is 0.143. The summed E-state index contributed by atoms with van der Waals surface area (Å²) in [4.78, 5) is 25.5. The molecule has 2 aromatic carbocycles. The quantitative estimate of drug-likeness (QED) is 0.623. The summed E-state index contributed by atoms with van der Waals surface area (Å²) in [5, 5.41) is 3.66. The third-order valence-corrected chi connectivity index (χ3v) is 4.82. The van der Waals surface area contributed by atoms with Gasteiger partial charge in [-0.1, -0.05) is 29.3 Å².